The summed E-state index contributed by atoms with van der Waals surface area (Å²) in [5.41, 5.74) is 1.86. The maximum absolute atomic E-state index is 5.50. The summed E-state index contributed by atoms with van der Waals surface area (Å²) in [4.78, 5) is 5.31. The molecule has 0 amide bonds. The second-order valence-corrected chi connectivity index (χ2v) is 4.20. The Morgan fingerprint density at radius 3 is 3.38 bits per heavy atom. The largest absolute Gasteiger partial charge is 0.377 e. The van der Waals surface area contributed by atoms with E-state index in [-0.39, 0.29) is 0 Å². The Morgan fingerprint density at radius 1 is 1.69 bits per heavy atom. The van der Waals surface area contributed by atoms with E-state index in [4.69, 9.17) is 4.74 Å². The fourth-order valence-corrected chi connectivity index (χ4v) is 2.06. The predicted molar refractivity (Wildman–Crippen MR) is 52.8 cm³/mol. The number of ether oxygens (including phenoxy) is 1. The van der Waals surface area contributed by atoms with Gasteiger partial charge in [0.2, 0.25) is 0 Å². The van der Waals surface area contributed by atoms with Crippen LogP contribution in [0.3, 0.4) is 0 Å². The van der Waals surface area contributed by atoms with Crippen molar-refractivity contribution in [2.24, 2.45) is 0 Å². The van der Waals surface area contributed by atoms with E-state index in [0.29, 0.717) is 6.10 Å². The molecule has 0 bridgehead atoms. The number of rotatable bonds is 4. The smallest absolute Gasteiger partial charge is 0.0794 e. The summed E-state index contributed by atoms with van der Waals surface area (Å²) in [5.74, 6) is 0. The maximum atomic E-state index is 5.50. The summed E-state index contributed by atoms with van der Waals surface area (Å²) in [6.07, 6.45) is 4.77. The van der Waals surface area contributed by atoms with E-state index in [9.17, 15) is 0 Å². The molecular formula is C9H14N2OS. The van der Waals surface area contributed by atoms with Crippen molar-refractivity contribution in [2.75, 3.05) is 13.2 Å². The molecule has 1 fully saturated rings. The third-order valence-corrected chi connectivity index (χ3v) is 2.96. The van der Waals surface area contributed by atoms with Gasteiger partial charge in [-0.25, -0.2) is 0 Å². The van der Waals surface area contributed by atoms with Gasteiger partial charge in [-0.15, -0.1) is 11.3 Å². The van der Waals surface area contributed by atoms with Crippen molar-refractivity contribution < 1.29 is 4.74 Å². The first-order valence-corrected chi connectivity index (χ1v) is 5.53. The van der Waals surface area contributed by atoms with Gasteiger partial charge in [-0.1, -0.05) is 0 Å². The van der Waals surface area contributed by atoms with Crippen molar-refractivity contribution in [3.05, 3.63) is 16.6 Å². The number of aromatic nitrogens is 1. The summed E-state index contributed by atoms with van der Waals surface area (Å²) in [7, 11) is 0. The first-order valence-electron chi connectivity index (χ1n) is 4.65. The van der Waals surface area contributed by atoms with Gasteiger partial charge in [0.25, 0.3) is 0 Å². The highest BCUT2D eigenvalue weighted by Crippen LogP contribution is 2.11. The average Bonchev–Trinajstić information content (AvgIpc) is 2.75. The Labute approximate surface area is 82.1 Å². The average molecular weight is 198 g/mol. The summed E-state index contributed by atoms with van der Waals surface area (Å²) >= 11 is 1.69. The van der Waals surface area contributed by atoms with E-state index in [1.165, 1.54) is 17.7 Å². The summed E-state index contributed by atoms with van der Waals surface area (Å²) in [6, 6.07) is 0. The first-order chi connectivity index (χ1) is 6.45. The third-order valence-electron chi connectivity index (χ3n) is 2.18. The van der Waals surface area contributed by atoms with Gasteiger partial charge in [-0.3, -0.25) is 4.98 Å². The molecule has 72 valence electrons. The number of nitrogens with zero attached hydrogens (tertiary/aromatic N) is 1. The van der Waals surface area contributed by atoms with E-state index >= 15 is 0 Å². The molecule has 0 aromatic carbocycles. The zero-order valence-corrected chi connectivity index (χ0v) is 8.35. The van der Waals surface area contributed by atoms with Crippen LogP contribution in [-0.2, 0) is 11.3 Å². The minimum absolute atomic E-state index is 0.438. The van der Waals surface area contributed by atoms with E-state index in [2.05, 4.69) is 10.3 Å². The number of thiazole rings is 1. The standard InChI is InChI=1S/C9H14N2OS/c1-2-8(12-3-1)4-10-5-9-6-11-7-13-9/h6-8,10H,1-5H2/t8-/m0/s1. The van der Waals surface area contributed by atoms with Gasteiger partial charge in [0.1, 0.15) is 0 Å². The summed E-state index contributed by atoms with van der Waals surface area (Å²) in [6.45, 7) is 2.83. The number of nitrogens with one attached hydrogen (secondary N) is 1. The Morgan fingerprint density at radius 2 is 2.69 bits per heavy atom. The molecule has 1 aromatic rings. The number of hydrogen-bond acceptors (Lipinski definition) is 4. The predicted octanol–water partition coefficient (Wildman–Crippen LogP) is 1.41. The third kappa shape index (κ3) is 2.76. The summed E-state index contributed by atoms with van der Waals surface area (Å²) in [5, 5.41) is 3.38. The van der Waals surface area contributed by atoms with Crippen molar-refractivity contribution in [1.82, 2.24) is 10.3 Å². The topological polar surface area (TPSA) is 34.2 Å². The van der Waals surface area contributed by atoms with Gasteiger partial charge in [-0.05, 0) is 12.8 Å². The Bertz CT molecular complexity index is 232. The molecule has 13 heavy (non-hydrogen) atoms. The fraction of sp³-hybridized carbons (Fsp3) is 0.667. The van der Waals surface area contributed by atoms with Crippen LogP contribution in [0.2, 0.25) is 0 Å². The van der Waals surface area contributed by atoms with Crippen molar-refractivity contribution in [1.29, 1.82) is 0 Å². The van der Waals surface area contributed by atoms with Crippen molar-refractivity contribution in [2.45, 2.75) is 25.5 Å². The molecule has 0 unspecified atom stereocenters. The summed E-state index contributed by atoms with van der Waals surface area (Å²) < 4.78 is 5.50. The lowest BCUT2D eigenvalue weighted by Crippen LogP contribution is -2.25. The molecule has 3 nitrogen and oxygen atoms in total. The lowest BCUT2D eigenvalue weighted by Gasteiger charge is -2.09. The van der Waals surface area contributed by atoms with Crippen LogP contribution in [0, 0.1) is 0 Å². The molecule has 1 aliphatic heterocycles. The second kappa shape index (κ2) is 4.69. The van der Waals surface area contributed by atoms with Crippen LogP contribution in [-0.4, -0.2) is 24.2 Å². The van der Waals surface area contributed by atoms with E-state index in [1.807, 2.05) is 11.7 Å². The highest BCUT2D eigenvalue weighted by molar-refractivity contribution is 7.09. The lowest BCUT2D eigenvalue weighted by molar-refractivity contribution is 0.110. The fourth-order valence-electron chi connectivity index (χ4n) is 1.49. The van der Waals surface area contributed by atoms with E-state index < -0.39 is 0 Å². The molecule has 1 saturated heterocycles. The highest BCUT2D eigenvalue weighted by atomic mass is 32.1. The molecule has 0 saturated carbocycles. The van der Waals surface area contributed by atoms with Crippen LogP contribution in [0.25, 0.3) is 0 Å². The van der Waals surface area contributed by atoms with Crippen LogP contribution >= 0.6 is 11.3 Å². The quantitative estimate of drug-likeness (QED) is 0.794. The minimum atomic E-state index is 0.438. The SMILES string of the molecule is c1ncc(CNC[C@@H]2CCCO2)s1. The lowest BCUT2D eigenvalue weighted by atomic mass is 10.2. The monoisotopic (exact) mass is 198 g/mol. The van der Waals surface area contributed by atoms with E-state index in [1.54, 1.807) is 11.3 Å². The number of hydrogen-bond donors (Lipinski definition) is 1. The molecule has 2 heterocycles. The normalized spacial score (nSPS) is 22.3. The molecule has 2 rings (SSSR count). The molecule has 1 atom stereocenters. The van der Waals surface area contributed by atoms with Gasteiger partial charge in [-0.2, -0.15) is 0 Å². The highest BCUT2D eigenvalue weighted by Gasteiger charge is 2.14. The zero-order valence-electron chi connectivity index (χ0n) is 7.53. The molecule has 0 spiro atoms. The Balaban J connectivity index is 1.63. The van der Waals surface area contributed by atoms with Crippen LogP contribution in [0.1, 0.15) is 17.7 Å². The maximum Gasteiger partial charge on any atom is 0.0794 e. The molecule has 1 N–H and O–H groups in total. The second-order valence-electron chi connectivity index (χ2n) is 3.23. The molecule has 0 radical (unpaired) electrons. The van der Waals surface area contributed by atoms with Crippen LogP contribution in [0.4, 0.5) is 0 Å². The molecule has 1 aromatic heterocycles. The van der Waals surface area contributed by atoms with Crippen molar-refractivity contribution in [3.63, 3.8) is 0 Å². The molecule has 1 aliphatic rings. The Kier molecular flexibility index (Phi) is 3.29. The van der Waals surface area contributed by atoms with Crippen LogP contribution in [0.5, 0.6) is 0 Å². The van der Waals surface area contributed by atoms with Crippen molar-refractivity contribution in [3.8, 4) is 0 Å². The van der Waals surface area contributed by atoms with Gasteiger partial charge in [0.05, 0.1) is 11.6 Å². The minimum Gasteiger partial charge on any atom is -0.377 e. The molecule has 0 aliphatic carbocycles. The van der Waals surface area contributed by atoms with Gasteiger partial charge in [0.15, 0.2) is 0 Å². The zero-order chi connectivity index (χ0) is 8.93. The molecular weight excluding hydrogens is 184 g/mol. The van der Waals surface area contributed by atoms with Gasteiger partial charge in [0, 0.05) is 30.8 Å². The van der Waals surface area contributed by atoms with E-state index in [0.717, 1.165) is 19.7 Å². The first kappa shape index (κ1) is 9.12. The van der Waals surface area contributed by atoms with Gasteiger partial charge < -0.3 is 10.1 Å². The molecule has 4 heteroatoms. The van der Waals surface area contributed by atoms with Crippen LogP contribution < -0.4 is 5.32 Å². The van der Waals surface area contributed by atoms with Gasteiger partial charge >= 0.3 is 0 Å². The van der Waals surface area contributed by atoms with Crippen LogP contribution in [0.15, 0.2) is 11.7 Å². The van der Waals surface area contributed by atoms with Crippen molar-refractivity contribution >= 4 is 11.3 Å². The Hall–Kier alpha value is -0.450.